The van der Waals surface area contributed by atoms with Crippen molar-refractivity contribution in [2.24, 2.45) is 11.7 Å². The zero-order valence-electron chi connectivity index (χ0n) is 20.6. The van der Waals surface area contributed by atoms with Crippen LogP contribution in [-0.4, -0.2) is 28.4 Å². The molecule has 7 nitrogen and oxygen atoms in total. The van der Waals surface area contributed by atoms with Gasteiger partial charge in [-0.15, -0.1) is 0 Å². The lowest BCUT2D eigenvalue weighted by Crippen LogP contribution is -2.18. The zero-order chi connectivity index (χ0) is 28.6. The molecule has 1 aromatic heterocycles. The van der Waals surface area contributed by atoms with E-state index < -0.39 is 5.97 Å². The summed E-state index contributed by atoms with van der Waals surface area (Å²) < 4.78 is 11.9. The highest BCUT2D eigenvalue weighted by atomic mass is 35.5. The van der Waals surface area contributed by atoms with Crippen LogP contribution in [0.25, 0.3) is 16.5 Å². The van der Waals surface area contributed by atoms with Gasteiger partial charge < -0.3 is 20.3 Å². The average molecular weight is 618 g/mol. The van der Waals surface area contributed by atoms with Gasteiger partial charge in [-0.25, -0.2) is 9.78 Å². The van der Waals surface area contributed by atoms with Crippen LogP contribution in [0.1, 0.15) is 28.8 Å². The number of aromatic nitrogens is 1. The van der Waals surface area contributed by atoms with Crippen LogP contribution >= 0.6 is 46.4 Å². The minimum absolute atomic E-state index is 0.0206. The Labute approximate surface area is 249 Å². The van der Waals surface area contributed by atoms with Crippen LogP contribution in [0, 0.1) is 5.92 Å². The maximum absolute atomic E-state index is 13.1. The van der Waals surface area contributed by atoms with Crippen LogP contribution in [0.5, 0.6) is 17.4 Å². The lowest BCUT2D eigenvalue weighted by Gasteiger charge is -2.16. The van der Waals surface area contributed by atoms with E-state index >= 15 is 0 Å². The van der Waals surface area contributed by atoms with Gasteiger partial charge in [0.15, 0.2) is 11.5 Å². The summed E-state index contributed by atoms with van der Waals surface area (Å²) in [6.45, 7) is -0.108. The highest BCUT2D eigenvalue weighted by molar-refractivity contribution is 6.40. The van der Waals surface area contributed by atoms with Gasteiger partial charge in [0.05, 0.1) is 36.9 Å². The molecule has 0 radical (unpaired) electrons. The number of carboxylic acid groups (broad SMARTS) is 1. The monoisotopic (exact) mass is 616 g/mol. The van der Waals surface area contributed by atoms with E-state index in [9.17, 15) is 9.59 Å². The second-order valence-corrected chi connectivity index (χ2v) is 10.7. The number of carbonyl (C=O) groups excluding carboxylic acids is 1. The molecular formula is C29H20Cl4N2O5. The maximum atomic E-state index is 13.1. The van der Waals surface area contributed by atoms with Gasteiger partial charge in [0, 0.05) is 34.5 Å². The number of hydrogen-bond donors (Lipinski definition) is 2. The van der Waals surface area contributed by atoms with Gasteiger partial charge in [0.25, 0.3) is 0 Å². The molecule has 3 aromatic carbocycles. The smallest absolute Gasteiger partial charge is 0.337 e. The summed E-state index contributed by atoms with van der Waals surface area (Å²) in [5.74, 6) is -0.454. The molecule has 3 N–H and O–H groups in total. The minimum atomic E-state index is -1.10. The first-order chi connectivity index (χ1) is 19.1. The normalized spacial score (nSPS) is 13.6. The SMILES string of the molecule is NC(=C(COc1ccc2c(Oc3ccc(C(=O)O)cn3)c(Cl)cc(Cl)c2c1)C(=O)C1CC1)c1c(Cl)cccc1Cl. The molecule has 1 aliphatic rings. The highest BCUT2D eigenvalue weighted by Crippen LogP contribution is 2.42. The molecule has 204 valence electrons. The Morgan fingerprint density at radius 3 is 2.27 bits per heavy atom. The third-order valence-electron chi connectivity index (χ3n) is 6.34. The molecule has 0 spiro atoms. The van der Waals surface area contributed by atoms with E-state index in [0.717, 1.165) is 12.8 Å². The van der Waals surface area contributed by atoms with Crippen molar-refractivity contribution in [3.8, 4) is 17.4 Å². The van der Waals surface area contributed by atoms with Crippen molar-refractivity contribution in [1.29, 1.82) is 0 Å². The van der Waals surface area contributed by atoms with Gasteiger partial charge >= 0.3 is 5.97 Å². The number of Topliss-reactive ketones (excluding diaryl/α,β-unsaturated/α-hetero) is 1. The molecule has 0 aliphatic heterocycles. The second-order valence-electron chi connectivity index (χ2n) is 9.09. The Hall–Kier alpha value is -3.49. The van der Waals surface area contributed by atoms with Crippen molar-refractivity contribution >= 4 is 74.6 Å². The highest BCUT2D eigenvalue weighted by Gasteiger charge is 2.34. The first-order valence-electron chi connectivity index (χ1n) is 12.0. The number of pyridine rings is 1. The number of nitrogens with two attached hydrogens (primary N) is 1. The Balaban J connectivity index is 1.46. The van der Waals surface area contributed by atoms with Gasteiger partial charge in [-0.3, -0.25) is 4.79 Å². The summed E-state index contributed by atoms with van der Waals surface area (Å²) in [6, 6.07) is 14.4. The first-order valence-corrected chi connectivity index (χ1v) is 13.5. The van der Waals surface area contributed by atoms with E-state index in [2.05, 4.69) is 4.98 Å². The number of halogens is 4. The van der Waals surface area contributed by atoms with Crippen molar-refractivity contribution in [1.82, 2.24) is 4.98 Å². The molecule has 1 aliphatic carbocycles. The number of ketones is 1. The number of hydrogen-bond acceptors (Lipinski definition) is 6. The van der Waals surface area contributed by atoms with E-state index in [-0.39, 0.29) is 46.2 Å². The summed E-state index contributed by atoms with van der Waals surface area (Å²) in [5.41, 5.74) is 7.32. The third-order valence-corrected chi connectivity index (χ3v) is 7.56. The van der Waals surface area contributed by atoms with Crippen LogP contribution in [0.3, 0.4) is 0 Å². The summed E-state index contributed by atoms with van der Waals surface area (Å²) in [7, 11) is 0. The summed E-state index contributed by atoms with van der Waals surface area (Å²) in [4.78, 5) is 28.3. The zero-order valence-corrected chi connectivity index (χ0v) is 23.6. The number of benzene rings is 3. The van der Waals surface area contributed by atoms with E-state index in [1.54, 1.807) is 36.4 Å². The summed E-state index contributed by atoms with van der Waals surface area (Å²) >= 11 is 25.6. The lowest BCUT2D eigenvalue weighted by atomic mass is 10.0. The number of carbonyl (C=O) groups is 2. The van der Waals surface area contributed by atoms with Crippen LogP contribution in [0.4, 0.5) is 0 Å². The van der Waals surface area contributed by atoms with Crippen molar-refractivity contribution in [3.63, 3.8) is 0 Å². The molecule has 11 heteroatoms. The van der Waals surface area contributed by atoms with Crippen molar-refractivity contribution in [2.45, 2.75) is 12.8 Å². The first kappa shape index (κ1) is 28.1. The van der Waals surface area contributed by atoms with E-state index in [1.165, 1.54) is 24.4 Å². The van der Waals surface area contributed by atoms with Gasteiger partial charge in [0.2, 0.25) is 5.88 Å². The standard InChI is InChI=1S/C29H20Cl4N2O5/c30-20-2-1-3-21(31)25(20)26(34)19(27(36)14-4-5-14)13-39-16-7-8-17-18(10-16)22(32)11-23(33)28(17)40-24-9-6-15(12-35-24)29(37)38/h1-3,6-12,14H,4-5,13,34H2,(H,37,38). The number of aromatic carboxylic acids is 1. The molecule has 40 heavy (non-hydrogen) atoms. The van der Waals surface area contributed by atoms with Gasteiger partial charge in [-0.1, -0.05) is 52.5 Å². The lowest BCUT2D eigenvalue weighted by molar-refractivity contribution is -0.116. The predicted octanol–water partition coefficient (Wildman–Crippen LogP) is 8.07. The van der Waals surface area contributed by atoms with Crippen LogP contribution in [0.2, 0.25) is 20.1 Å². The molecular weight excluding hydrogens is 598 g/mol. The predicted molar refractivity (Wildman–Crippen MR) is 156 cm³/mol. The number of ether oxygens (including phenoxy) is 2. The Kier molecular flexibility index (Phi) is 8.10. The fraction of sp³-hybridized carbons (Fsp3) is 0.138. The van der Waals surface area contributed by atoms with E-state index in [4.69, 9.17) is 66.7 Å². The molecule has 0 amide bonds. The van der Waals surface area contributed by atoms with Crippen LogP contribution in [-0.2, 0) is 4.79 Å². The molecule has 1 saturated carbocycles. The van der Waals surface area contributed by atoms with Crippen LogP contribution in [0.15, 0.2) is 66.4 Å². The van der Waals surface area contributed by atoms with Gasteiger partial charge in [-0.2, -0.15) is 0 Å². The summed E-state index contributed by atoms with van der Waals surface area (Å²) in [6.07, 6.45) is 2.76. The maximum Gasteiger partial charge on any atom is 0.337 e. The second kappa shape index (κ2) is 11.6. The fourth-order valence-electron chi connectivity index (χ4n) is 4.10. The van der Waals surface area contributed by atoms with Gasteiger partial charge in [0.1, 0.15) is 12.4 Å². The van der Waals surface area contributed by atoms with Gasteiger partial charge in [-0.05, 0) is 55.3 Å². The summed E-state index contributed by atoms with van der Waals surface area (Å²) in [5, 5.41) is 11.5. The number of carboxylic acids is 1. The Bertz CT molecular complexity index is 1660. The van der Waals surface area contributed by atoms with E-state index in [1.807, 2.05) is 0 Å². The quantitative estimate of drug-likeness (QED) is 0.183. The largest absolute Gasteiger partial charge is 0.489 e. The van der Waals surface area contributed by atoms with Crippen molar-refractivity contribution in [3.05, 3.63) is 97.6 Å². The topological polar surface area (TPSA) is 112 Å². The fourth-order valence-corrected chi connectivity index (χ4v) is 5.27. The molecule has 1 fully saturated rings. The average Bonchev–Trinajstić information content (AvgIpc) is 3.77. The van der Waals surface area contributed by atoms with E-state index in [0.29, 0.717) is 42.7 Å². The molecule has 0 bridgehead atoms. The number of nitrogens with zero attached hydrogens (tertiary/aromatic N) is 1. The van der Waals surface area contributed by atoms with Crippen molar-refractivity contribution < 1.29 is 24.2 Å². The molecule has 0 atom stereocenters. The third kappa shape index (κ3) is 5.83. The van der Waals surface area contributed by atoms with Crippen molar-refractivity contribution in [2.75, 3.05) is 6.61 Å². The number of rotatable bonds is 9. The van der Waals surface area contributed by atoms with Crippen LogP contribution < -0.4 is 15.2 Å². The Morgan fingerprint density at radius 2 is 1.65 bits per heavy atom. The molecule has 0 saturated heterocycles. The molecule has 0 unspecified atom stereocenters. The Morgan fingerprint density at radius 1 is 0.925 bits per heavy atom. The molecule has 1 heterocycles. The molecule has 5 rings (SSSR count). The number of fused-ring (bicyclic) bond motifs is 1. The minimum Gasteiger partial charge on any atom is -0.489 e. The molecule has 4 aromatic rings.